The van der Waals surface area contributed by atoms with Gasteiger partial charge in [0.15, 0.2) is 16.3 Å². The maximum Gasteiger partial charge on any atom is 0.252 e. The molecule has 0 radical (unpaired) electrons. The van der Waals surface area contributed by atoms with Crippen LogP contribution in [0.1, 0.15) is 22.3 Å². The lowest BCUT2D eigenvalue weighted by atomic mass is 9.97. The van der Waals surface area contributed by atoms with Crippen molar-refractivity contribution >= 4 is 27.5 Å². The Labute approximate surface area is 161 Å². The summed E-state index contributed by atoms with van der Waals surface area (Å²) in [7, 11) is 1.92. The lowest BCUT2D eigenvalue weighted by Gasteiger charge is -2.18. The van der Waals surface area contributed by atoms with E-state index in [1.165, 1.54) is 16.9 Å². The molecule has 3 aromatic rings. The van der Waals surface area contributed by atoms with Gasteiger partial charge in [0.2, 0.25) is 0 Å². The maximum absolute atomic E-state index is 12.6. The summed E-state index contributed by atoms with van der Waals surface area (Å²) in [5.74, 6) is 1.36. The Morgan fingerprint density at radius 1 is 1.07 bits per heavy atom. The van der Waals surface area contributed by atoms with Gasteiger partial charge in [-0.3, -0.25) is 4.79 Å². The fraction of sp³-hybridized carbons (Fsp3) is 0.333. The molecule has 2 aromatic carbocycles. The van der Waals surface area contributed by atoms with Crippen molar-refractivity contribution in [3.8, 4) is 11.5 Å². The highest BCUT2D eigenvalue weighted by molar-refractivity contribution is 7.16. The molecule has 0 saturated heterocycles. The number of benzene rings is 2. The minimum Gasteiger partial charge on any atom is -0.486 e. The lowest BCUT2D eigenvalue weighted by Crippen LogP contribution is -2.16. The number of thiazole rings is 1. The first-order chi connectivity index (χ1) is 12.9. The van der Waals surface area contributed by atoms with Gasteiger partial charge < -0.3 is 14.0 Å². The van der Waals surface area contributed by atoms with Crippen LogP contribution < -0.4 is 14.3 Å². The van der Waals surface area contributed by atoms with Crippen LogP contribution in [0.15, 0.2) is 29.3 Å². The molecule has 0 spiro atoms. The summed E-state index contributed by atoms with van der Waals surface area (Å²) in [4.78, 5) is 17.7. The van der Waals surface area contributed by atoms with Gasteiger partial charge in [-0.2, -0.15) is 4.99 Å². The average Bonchev–Trinajstić information content (AvgIpc) is 2.91. The predicted molar refractivity (Wildman–Crippen MR) is 107 cm³/mol. The second kappa shape index (κ2) is 6.85. The maximum atomic E-state index is 12.6. The van der Waals surface area contributed by atoms with Crippen molar-refractivity contribution < 1.29 is 14.3 Å². The molecule has 0 fully saturated rings. The first kappa shape index (κ1) is 17.8. The molecule has 0 atom stereocenters. The highest BCUT2D eigenvalue weighted by Gasteiger charge is 2.16. The van der Waals surface area contributed by atoms with Crippen LogP contribution in [0.25, 0.3) is 10.2 Å². The summed E-state index contributed by atoms with van der Waals surface area (Å²) in [6.45, 7) is 7.28. The number of carbonyl (C=O) groups is 1. The molecular formula is C21H22N2O3S. The fourth-order valence-corrected chi connectivity index (χ4v) is 4.60. The summed E-state index contributed by atoms with van der Waals surface area (Å²) in [5.41, 5.74) is 5.54. The summed E-state index contributed by atoms with van der Waals surface area (Å²) < 4.78 is 14.3. The largest absolute Gasteiger partial charge is 0.486 e. The topological polar surface area (TPSA) is 52.8 Å². The van der Waals surface area contributed by atoms with E-state index in [4.69, 9.17) is 9.47 Å². The number of aryl methyl sites for hydroxylation is 4. The predicted octanol–water partition coefficient (Wildman–Crippen LogP) is 3.61. The quantitative estimate of drug-likeness (QED) is 0.680. The smallest absolute Gasteiger partial charge is 0.252 e. The molecule has 0 saturated carbocycles. The number of fused-ring (bicyclic) bond motifs is 2. The van der Waals surface area contributed by atoms with Gasteiger partial charge in [0.25, 0.3) is 5.91 Å². The number of ether oxygens (including phenoxy) is 2. The molecule has 0 aliphatic carbocycles. The van der Waals surface area contributed by atoms with E-state index >= 15 is 0 Å². The zero-order valence-corrected chi connectivity index (χ0v) is 16.8. The second-order valence-electron chi connectivity index (χ2n) is 6.97. The number of carbonyl (C=O) groups excluding carboxylic acids is 1. The summed E-state index contributed by atoms with van der Waals surface area (Å²) in [5, 5.41) is 0. The molecule has 1 aliphatic rings. The van der Waals surface area contributed by atoms with Gasteiger partial charge in [0.05, 0.1) is 16.6 Å². The molecule has 6 heteroatoms. The minimum atomic E-state index is -0.135. The van der Waals surface area contributed by atoms with E-state index < -0.39 is 0 Å². The first-order valence-corrected chi connectivity index (χ1v) is 9.77. The molecule has 4 rings (SSSR count). The van der Waals surface area contributed by atoms with Crippen LogP contribution in [0.3, 0.4) is 0 Å². The van der Waals surface area contributed by atoms with Crippen LogP contribution in [-0.2, 0) is 18.3 Å². The van der Waals surface area contributed by atoms with E-state index in [1.54, 1.807) is 0 Å². The molecule has 1 aliphatic heterocycles. The Morgan fingerprint density at radius 2 is 1.70 bits per heavy atom. The Kier molecular flexibility index (Phi) is 4.52. The van der Waals surface area contributed by atoms with Crippen LogP contribution in [0.2, 0.25) is 0 Å². The van der Waals surface area contributed by atoms with Gasteiger partial charge in [-0.05, 0) is 37.5 Å². The number of hydrogen-bond donors (Lipinski definition) is 0. The average molecular weight is 382 g/mol. The molecule has 1 aromatic heterocycles. The summed E-state index contributed by atoms with van der Waals surface area (Å²) >= 11 is 1.49. The van der Waals surface area contributed by atoms with E-state index in [2.05, 4.69) is 24.0 Å². The number of rotatable bonds is 2. The van der Waals surface area contributed by atoms with Crippen LogP contribution in [-0.4, -0.2) is 23.7 Å². The van der Waals surface area contributed by atoms with Crippen LogP contribution in [0, 0.1) is 20.8 Å². The van der Waals surface area contributed by atoms with Crippen LogP contribution in [0.4, 0.5) is 0 Å². The van der Waals surface area contributed by atoms with Crippen molar-refractivity contribution in [2.45, 2.75) is 27.2 Å². The van der Waals surface area contributed by atoms with Crippen LogP contribution in [0.5, 0.6) is 11.5 Å². The lowest BCUT2D eigenvalue weighted by molar-refractivity contribution is -0.117. The van der Waals surface area contributed by atoms with Crippen LogP contribution >= 0.6 is 11.3 Å². The van der Waals surface area contributed by atoms with Crippen molar-refractivity contribution in [2.75, 3.05) is 13.2 Å². The van der Waals surface area contributed by atoms with E-state index in [9.17, 15) is 4.79 Å². The minimum absolute atomic E-state index is 0.135. The Hall–Kier alpha value is -2.60. The molecule has 27 heavy (non-hydrogen) atoms. The number of hydrogen-bond acceptors (Lipinski definition) is 4. The zero-order valence-electron chi connectivity index (χ0n) is 16.0. The third-order valence-electron chi connectivity index (χ3n) is 4.86. The van der Waals surface area contributed by atoms with Crippen molar-refractivity contribution in [1.29, 1.82) is 0 Å². The molecule has 2 heterocycles. The highest BCUT2D eigenvalue weighted by atomic mass is 32.1. The number of nitrogens with zero attached hydrogens (tertiary/aromatic N) is 2. The standard InChI is InChI=1S/C21H22N2O3S/c1-12-7-13(2)15(14(3)8-12)9-20(24)22-21-23(4)16-10-17-18(11-19(16)27-21)26-6-5-25-17/h7-8,10-11H,5-6,9H2,1-4H3. The van der Waals surface area contributed by atoms with Crippen molar-refractivity contribution in [2.24, 2.45) is 12.0 Å². The Bertz CT molecular complexity index is 1100. The second-order valence-corrected chi connectivity index (χ2v) is 7.98. The van der Waals surface area contributed by atoms with Gasteiger partial charge in [0, 0.05) is 19.2 Å². The molecule has 140 valence electrons. The number of aromatic nitrogens is 1. The van der Waals surface area contributed by atoms with Crippen molar-refractivity contribution in [1.82, 2.24) is 4.57 Å². The van der Waals surface area contributed by atoms with E-state index in [0.29, 0.717) is 24.4 Å². The monoisotopic (exact) mass is 382 g/mol. The van der Waals surface area contributed by atoms with Gasteiger partial charge in [-0.15, -0.1) is 0 Å². The third-order valence-corrected chi connectivity index (χ3v) is 5.96. The SMILES string of the molecule is Cc1cc(C)c(CC(=O)N=c2sc3cc4c(cc3n2C)OCCO4)c(C)c1. The number of amides is 1. The molecule has 1 amide bonds. The van der Waals surface area contributed by atoms with Crippen molar-refractivity contribution in [3.05, 3.63) is 51.3 Å². The van der Waals surface area contributed by atoms with Gasteiger partial charge in [0.1, 0.15) is 13.2 Å². The van der Waals surface area contributed by atoms with Gasteiger partial charge in [-0.1, -0.05) is 29.0 Å². The zero-order chi connectivity index (χ0) is 19.1. The van der Waals surface area contributed by atoms with Crippen molar-refractivity contribution in [3.63, 3.8) is 0 Å². The molecular weight excluding hydrogens is 360 g/mol. The normalized spacial score (nSPS) is 14.0. The van der Waals surface area contributed by atoms with Gasteiger partial charge >= 0.3 is 0 Å². The summed E-state index contributed by atoms with van der Waals surface area (Å²) in [6, 6.07) is 8.14. The first-order valence-electron chi connectivity index (χ1n) is 8.96. The highest BCUT2D eigenvalue weighted by Crippen LogP contribution is 2.35. The summed E-state index contributed by atoms with van der Waals surface area (Å²) in [6.07, 6.45) is 0.314. The molecule has 0 unspecified atom stereocenters. The van der Waals surface area contributed by atoms with E-state index in [-0.39, 0.29) is 5.91 Å². The van der Waals surface area contributed by atoms with E-state index in [0.717, 1.165) is 38.4 Å². The molecule has 5 nitrogen and oxygen atoms in total. The molecule has 0 bridgehead atoms. The third kappa shape index (κ3) is 3.37. The Balaban J connectivity index is 1.70. The fourth-order valence-electron chi connectivity index (χ4n) is 3.56. The molecule has 0 N–H and O–H groups in total. The van der Waals surface area contributed by atoms with E-state index in [1.807, 2.05) is 37.6 Å². The van der Waals surface area contributed by atoms with Gasteiger partial charge in [-0.25, -0.2) is 0 Å². The Morgan fingerprint density at radius 3 is 2.37 bits per heavy atom.